The van der Waals surface area contributed by atoms with Crippen LogP contribution in [0.15, 0.2) is 78.9 Å². The number of benzene rings is 3. The number of anilines is 1. The van der Waals surface area contributed by atoms with Gasteiger partial charge in [0, 0.05) is 34.9 Å². The number of nitrogens with one attached hydrogen (secondary N) is 2. The molecule has 3 amide bonds. The molecule has 0 spiro atoms. The summed E-state index contributed by atoms with van der Waals surface area (Å²) in [6.45, 7) is 0.904. The van der Waals surface area contributed by atoms with E-state index in [4.69, 9.17) is 11.6 Å². The van der Waals surface area contributed by atoms with E-state index in [-0.39, 0.29) is 23.3 Å². The van der Waals surface area contributed by atoms with Crippen LogP contribution in [0.4, 0.5) is 10.1 Å². The Hall–Kier alpha value is -3.71. The fourth-order valence-electron chi connectivity index (χ4n) is 4.18. The van der Waals surface area contributed by atoms with E-state index in [9.17, 15) is 18.8 Å². The molecule has 3 aromatic carbocycles. The Bertz CT molecular complexity index is 1180. The van der Waals surface area contributed by atoms with Crippen molar-refractivity contribution < 1.29 is 18.8 Å². The Balaban J connectivity index is 1.46. The number of likely N-dealkylation sites (tertiary alicyclic amines) is 1. The Morgan fingerprint density at radius 3 is 2.09 bits per heavy atom. The molecule has 8 heteroatoms. The number of piperidine rings is 1. The second-order valence-electron chi connectivity index (χ2n) is 8.45. The molecular formula is C27H25ClFN3O3. The third kappa shape index (κ3) is 6.25. The SMILES string of the molecule is O=C(NC(C(=O)Nc1ccccc1)C1CCN(C(=O)c2ccc(Cl)cc2)CC1)c1ccc(F)cc1. The van der Waals surface area contributed by atoms with Crippen molar-refractivity contribution in [2.75, 3.05) is 18.4 Å². The normalized spacial score (nSPS) is 14.7. The van der Waals surface area contributed by atoms with E-state index in [2.05, 4.69) is 10.6 Å². The molecule has 2 N–H and O–H groups in total. The van der Waals surface area contributed by atoms with Gasteiger partial charge in [-0.3, -0.25) is 14.4 Å². The molecule has 1 fully saturated rings. The smallest absolute Gasteiger partial charge is 0.253 e. The molecule has 0 aliphatic carbocycles. The zero-order chi connectivity index (χ0) is 24.8. The van der Waals surface area contributed by atoms with E-state index in [1.54, 1.807) is 41.3 Å². The van der Waals surface area contributed by atoms with Crippen molar-refractivity contribution >= 4 is 35.0 Å². The lowest BCUT2D eigenvalue weighted by Gasteiger charge is -2.36. The maximum atomic E-state index is 13.3. The van der Waals surface area contributed by atoms with Crippen LogP contribution in [-0.4, -0.2) is 41.8 Å². The van der Waals surface area contributed by atoms with Gasteiger partial charge >= 0.3 is 0 Å². The maximum Gasteiger partial charge on any atom is 0.253 e. The van der Waals surface area contributed by atoms with Gasteiger partial charge in [-0.2, -0.15) is 0 Å². The highest BCUT2D eigenvalue weighted by Gasteiger charge is 2.34. The van der Waals surface area contributed by atoms with Gasteiger partial charge in [0.15, 0.2) is 0 Å². The molecule has 0 bridgehead atoms. The van der Waals surface area contributed by atoms with E-state index < -0.39 is 17.8 Å². The molecule has 1 saturated heterocycles. The molecule has 3 aromatic rings. The quantitative estimate of drug-likeness (QED) is 0.519. The number of hydrogen-bond acceptors (Lipinski definition) is 3. The van der Waals surface area contributed by atoms with Gasteiger partial charge in [0.2, 0.25) is 5.91 Å². The molecule has 1 aliphatic rings. The number of carbonyl (C=O) groups excluding carboxylic acids is 3. The molecule has 1 atom stereocenters. The lowest BCUT2D eigenvalue weighted by molar-refractivity contribution is -0.119. The Morgan fingerprint density at radius 2 is 1.46 bits per heavy atom. The van der Waals surface area contributed by atoms with Gasteiger partial charge in [0.25, 0.3) is 11.8 Å². The van der Waals surface area contributed by atoms with Gasteiger partial charge in [0.05, 0.1) is 0 Å². The second-order valence-corrected chi connectivity index (χ2v) is 8.89. The third-order valence-corrected chi connectivity index (χ3v) is 6.36. The van der Waals surface area contributed by atoms with Crippen LogP contribution in [0.5, 0.6) is 0 Å². The third-order valence-electron chi connectivity index (χ3n) is 6.11. The first-order valence-electron chi connectivity index (χ1n) is 11.4. The zero-order valence-corrected chi connectivity index (χ0v) is 19.7. The summed E-state index contributed by atoms with van der Waals surface area (Å²) >= 11 is 5.92. The number of nitrogens with zero attached hydrogens (tertiary/aromatic N) is 1. The van der Waals surface area contributed by atoms with Crippen molar-refractivity contribution in [3.05, 3.63) is 101 Å². The maximum absolute atomic E-state index is 13.3. The summed E-state index contributed by atoms with van der Waals surface area (Å²) in [5.41, 5.74) is 1.43. The molecule has 0 aromatic heterocycles. The van der Waals surface area contributed by atoms with E-state index in [1.165, 1.54) is 24.3 Å². The van der Waals surface area contributed by atoms with Gasteiger partial charge in [0.1, 0.15) is 11.9 Å². The van der Waals surface area contributed by atoms with E-state index in [0.717, 1.165) is 0 Å². The summed E-state index contributed by atoms with van der Waals surface area (Å²) in [6, 6.07) is 20.1. The number of hydrogen-bond donors (Lipinski definition) is 2. The van der Waals surface area contributed by atoms with Crippen molar-refractivity contribution in [1.82, 2.24) is 10.2 Å². The topological polar surface area (TPSA) is 78.5 Å². The van der Waals surface area contributed by atoms with Gasteiger partial charge in [-0.05, 0) is 79.4 Å². The average molecular weight is 494 g/mol. The predicted octanol–water partition coefficient (Wildman–Crippen LogP) is 4.77. The zero-order valence-electron chi connectivity index (χ0n) is 18.9. The predicted molar refractivity (Wildman–Crippen MR) is 133 cm³/mol. The minimum Gasteiger partial charge on any atom is -0.340 e. The van der Waals surface area contributed by atoms with Gasteiger partial charge in [-0.15, -0.1) is 0 Å². The Labute approximate surface area is 208 Å². The minimum atomic E-state index is -0.819. The summed E-state index contributed by atoms with van der Waals surface area (Å²) in [7, 11) is 0. The highest BCUT2D eigenvalue weighted by molar-refractivity contribution is 6.30. The summed E-state index contributed by atoms with van der Waals surface area (Å²) < 4.78 is 13.3. The second kappa shape index (κ2) is 11.1. The standard InChI is InChI=1S/C27H25ClFN3O3/c28-21-10-6-20(7-11-21)27(35)32-16-14-18(15-17-32)24(26(34)30-23-4-2-1-3-5-23)31-25(33)19-8-12-22(29)13-9-19/h1-13,18,24H,14-17H2,(H,30,34)(H,31,33). The van der Waals surface area contributed by atoms with Crippen LogP contribution in [0, 0.1) is 11.7 Å². The van der Waals surface area contributed by atoms with Crippen LogP contribution < -0.4 is 10.6 Å². The molecular weight excluding hydrogens is 469 g/mol. The van der Waals surface area contributed by atoms with Crippen LogP contribution in [0.3, 0.4) is 0 Å². The van der Waals surface area contributed by atoms with E-state index in [1.807, 2.05) is 18.2 Å². The molecule has 180 valence electrons. The highest BCUT2D eigenvalue weighted by Crippen LogP contribution is 2.24. The molecule has 4 rings (SSSR count). The van der Waals surface area contributed by atoms with Crippen LogP contribution in [0.2, 0.25) is 5.02 Å². The van der Waals surface area contributed by atoms with Crippen molar-refractivity contribution in [1.29, 1.82) is 0 Å². The lowest BCUT2D eigenvalue weighted by Crippen LogP contribution is -2.52. The first-order chi connectivity index (χ1) is 16.9. The fraction of sp³-hybridized carbons (Fsp3) is 0.222. The average Bonchev–Trinajstić information content (AvgIpc) is 2.88. The Kier molecular flexibility index (Phi) is 7.77. The Morgan fingerprint density at radius 1 is 0.857 bits per heavy atom. The molecule has 0 radical (unpaired) electrons. The summed E-state index contributed by atoms with van der Waals surface area (Å²) in [4.78, 5) is 40.7. The summed E-state index contributed by atoms with van der Waals surface area (Å²) in [5, 5.41) is 6.26. The van der Waals surface area contributed by atoms with Gasteiger partial charge in [-0.1, -0.05) is 29.8 Å². The first kappa shape index (κ1) is 24.4. The first-order valence-corrected chi connectivity index (χ1v) is 11.8. The number of rotatable bonds is 6. The molecule has 1 heterocycles. The van der Waals surface area contributed by atoms with Crippen LogP contribution in [0.25, 0.3) is 0 Å². The van der Waals surface area contributed by atoms with Gasteiger partial charge in [-0.25, -0.2) is 4.39 Å². The van der Waals surface area contributed by atoms with E-state index >= 15 is 0 Å². The molecule has 1 aliphatic heterocycles. The van der Waals surface area contributed by atoms with Crippen molar-refractivity contribution in [3.8, 4) is 0 Å². The van der Waals surface area contributed by atoms with Crippen LogP contribution in [-0.2, 0) is 4.79 Å². The fourth-order valence-corrected chi connectivity index (χ4v) is 4.30. The molecule has 0 saturated carbocycles. The van der Waals surface area contributed by atoms with Crippen molar-refractivity contribution in [2.24, 2.45) is 5.92 Å². The number of carbonyl (C=O) groups is 3. The monoisotopic (exact) mass is 493 g/mol. The van der Waals surface area contributed by atoms with Crippen molar-refractivity contribution in [2.45, 2.75) is 18.9 Å². The highest BCUT2D eigenvalue weighted by atomic mass is 35.5. The number of para-hydroxylation sites is 1. The summed E-state index contributed by atoms with van der Waals surface area (Å²) in [5.74, 6) is -1.53. The number of halogens is 2. The molecule has 1 unspecified atom stereocenters. The minimum absolute atomic E-state index is 0.0965. The summed E-state index contributed by atoms with van der Waals surface area (Å²) in [6.07, 6.45) is 1.08. The van der Waals surface area contributed by atoms with Crippen LogP contribution >= 0.6 is 11.6 Å². The van der Waals surface area contributed by atoms with E-state index in [0.29, 0.717) is 42.2 Å². The largest absolute Gasteiger partial charge is 0.340 e. The molecule has 35 heavy (non-hydrogen) atoms. The lowest BCUT2D eigenvalue weighted by atomic mass is 9.88. The van der Waals surface area contributed by atoms with Crippen molar-refractivity contribution in [3.63, 3.8) is 0 Å². The number of amides is 3. The van der Waals surface area contributed by atoms with Gasteiger partial charge < -0.3 is 15.5 Å². The van der Waals surface area contributed by atoms with Crippen LogP contribution in [0.1, 0.15) is 33.6 Å². The molecule has 6 nitrogen and oxygen atoms in total.